The third kappa shape index (κ3) is 4.94. The van der Waals surface area contributed by atoms with Gasteiger partial charge in [-0.25, -0.2) is 21.8 Å². The molecule has 0 saturated carbocycles. The second-order valence-corrected chi connectivity index (χ2v) is 9.25. The zero-order valence-corrected chi connectivity index (χ0v) is 19.8. The van der Waals surface area contributed by atoms with Crippen molar-refractivity contribution in [3.63, 3.8) is 0 Å². The normalized spacial score (nSPS) is 18.5. The van der Waals surface area contributed by atoms with Crippen molar-refractivity contribution in [1.82, 2.24) is 9.80 Å². The summed E-state index contributed by atoms with van der Waals surface area (Å²) in [7, 11) is -2.24. The number of fused-ring (bicyclic) bond motifs is 1. The SMILES string of the molecule is CN1CCCN(CCN2c3ccccc3N(c3c(F)cc(F)cc3F)S2(=O)=O)CC1.Cl.Cl. The smallest absolute Gasteiger partial charge is 0.305 e. The van der Waals surface area contributed by atoms with E-state index in [4.69, 9.17) is 0 Å². The molecule has 0 radical (unpaired) electrons. The van der Waals surface area contributed by atoms with Crippen LogP contribution in [0, 0.1) is 17.5 Å². The van der Waals surface area contributed by atoms with Crippen LogP contribution in [0.5, 0.6) is 0 Å². The second kappa shape index (κ2) is 10.5. The molecule has 2 aromatic rings. The van der Waals surface area contributed by atoms with Crippen LogP contribution in [-0.4, -0.2) is 64.5 Å². The molecule has 6 nitrogen and oxygen atoms in total. The maximum atomic E-state index is 14.5. The molecule has 2 aliphatic heterocycles. The Kier molecular flexibility index (Phi) is 8.69. The van der Waals surface area contributed by atoms with Gasteiger partial charge in [-0.1, -0.05) is 12.1 Å². The average Bonchev–Trinajstić information content (AvgIpc) is 2.79. The summed E-state index contributed by atoms with van der Waals surface area (Å²) in [5, 5.41) is 0. The molecule has 2 heterocycles. The number of halogens is 5. The van der Waals surface area contributed by atoms with Crippen LogP contribution in [0.15, 0.2) is 36.4 Å². The van der Waals surface area contributed by atoms with Gasteiger partial charge in [-0.05, 0) is 38.7 Å². The Morgan fingerprint density at radius 3 is 2.16 bits per heavy atom. The first-order valence-electron chi connectivity index (χ1n) is 9.76. The highest BCUT2D eigenvalue weighted by molar-refractivity contribution is 7.95. The van der Waals surface area contributed by atoms with E-state index in [1.54, 1.807) is 18.2 Å². The first-order valence-corrected chi connectivity index (χ1v) is 11.2. The summed E-state index contributed by atoms with van der Waals surface area (Å²) in [4.78, 5) is 4.41. The quantitative estimate of drug-likeness (QED) is 0.625. The molecule has 32 heavy (non-hydrogen) atoms. The monoisotopic (exact) mass is 512 g/mol. The molecule has 2 aromatic carbocycles. The van der Waals surface area contributed by atoms with Crippen molar-refractivity contribution in [3.8, 4) is 0 Å². The fraction of sp³-hybridized carbons (Fsp3) is 0.400. The molecule has 2 aliphatic rings. The predicted molar refractivity (Wildman–Crippen MR) is 124 cm³/mol. The van der Waals surface area contributed by atoms with Crippen LogP contribution in [0.25, 0.3) is 0 Å². The minimum atomic E-state index is -4.29. The molecular formula is C20H25Cl2F3N4O2S. The Labute approximate surface area is 198 Å². The van der Waals surface area contributed by atoms with Crippen LogP contribution in [-0.2, 0) is 10.2 Å². The lowest BCUT2D eigenvalue weighted by atomic mass is 10.2. The number of rotatable bonds is 4. The number of hydrogen-bond acceptors (Lipinski definition) is 4. The highest BCUT2D eigenvalue weighted by atomic mass is 35.5. The fourth-order valence-electron chi connectivity index (χ4n) is 3.95. The summed E-state index contributed by atoms with van der Waals surface area (Å²) < 4.78 is 70.8. The lowest BCUT2D eigenvalue weighted by molar-refractivity contribution is 0.283. The molecule has 0 amide bonds. The molecule has 1 fully saturated rings. The topological polar surface area (TPSA) is 47.1 Å². The molecule has 12 heteroatoms. The zero-order valence-electron chi connectivity index (χ0n) is 17.4. The maximum absolute atomic E-state index is 14.5. The van der Waals surface area contributed by atoms with Gasteiger partial charge in [0.25, 0.3) is 0 Å². The van der Waals surface area contributed by atoms with E-state index in [0.717, 1.165) is 32.6 Å². The average molecular weight is 513 g/mol. The van der Waals surface area contributed by atoms with E-state index in [0.29, 0.717) is 28.7 Å². The molecule has 0 N–H and O–H groups in total. The van der Waals surface area contributed by atoms with Gasteiger partial charge in [-0.15, -0.1) is 24.8 Å². The van der Waals surface area contributed by atoms with Crippen LogP contribution in [0.1, 0.15) is 6.42 Å². The third-order valence-electron chi connectivity index (χ3n) is 5.49. The van der Waals surface area contributed by atoms with Crippen molar-refractivity contribution in [1.29, 1.82) is 0 Å². The van der Waals surface area contributed by atoms with Crippen molar-refractivity contribution in [2.75, 3.05) is 54.9 Å². The number of anilines is 3. The number of likely N-dealkylation sites (N-methyl/N-ethyl adjacent to an activating group) is 1. The molecular weight excluding hydrogens is 488 g/mol. The summed E-state index contributed by atoms with van der Waals surface area (Å²) in [5.41, 5.74) is -0.326. The fourth-order valence-corrected chi connectivity index (χ4v) is 5.67. The van der Waals surface area contributed by atoms with E-state index in [-0.39, 0.29) is 37.0 Å². The summed E-state index contributed by atoms with van der Waals surface area (Å²) >= 11 is 0. The van der Waals surface area contributed by atoms with Gasteiger partial charge in [-0.3, -0.25) is 0 Å². The van der Waals surface area contributed by atoms with Gasteiger partial charge in [0.2, 0.25) is 0 Å². The number of para-hydroxylation sites is 2. The van der Waals surface area contributed by atoms with E-state index in [1.807, 2.05) is 7.05 Å². The van der Waals surface area contributed by atoms with E-state index in [1.165, 1.54) is 10.4 Å². The van der Waals surface area contributed by atoms with Crippen LogP contribution >= 0.6 is 24.8 Å². The van der Waals surface area contributed by atoms with Gasteiger partial charge in [-0.2, -0.15) is 8.42 Å². The number of hydrogen-bond donors (Lipinski definition) is 0. The molecule has 1 saturated heterocycles. The van der Waals surface area contributed by atoms with E-state index in [2.05, 4.69) is 9.80 Å². The first-order chi connectivity index (χ1) is 14.3. The largest absolute Gasteiger partial charge is 0.331 e. The van der Waals surface area contributed by atoms with Gasteiger partial charge in [0, 0.05) is 38.3 Å². The molecule has 0 unspecified atom stereocenters. The van der Waals surface area contributed by atoms with Crippen molar-refractivity contribution in [3.05, 3.63) is 53.8 Å². The van der Waals surface area contributed by atoms with E-state index < -0.39 is 33.3 Å². The van der Waals surface area contributed by atoms with Crippen molar-refractivity contribution < 1.29 is 21.6 Å². The standard InChI is InChI=1S/C20H23F3N4O2S.2ClH/c1-24-7-4-8-25(10-9-24)11-12-26-18-5-2-3-6-19(18)27(30(26,28)29)20-16(22)13-15(21)14-17(20)23;;/h2-3,5-6,13-14H,4,7-12H2,1H3;2*1H. The highest BCUT2D eigenvalue weighted by Crippen LogP contribution is 2.46. The van der Waals surface area contributed by atoms with Gasteiger partial charge < -0.3 is 9.80 Å². The van der Waals surface area contributed by atoms with Crippen molar-refractivity contribution >= 4 is 52.1 Å². The number of nitrogens with zero attached hydrogens (tertiary/aromatic N) is 4. The molecule has 178 valence electrons. The van der Waals surface area contributed by atoms with Crippen molar-refractivity contribution in [2.45, 2.75) is 6.42 Å². The summed E-state index contributed by atoms with van der Waals surface area (Å²) in [6.45, 7) is 4.18. The molecule has 4 rings (SSSR count). The second-order valence-electron chi connectivity index (χ2n) is 7.55. The van der Waals surface area contributed by atoms with Crippen LogP contribution in [0.4, 0.5) is 30.2 Å². The summed E-state index contributed by atoms with van der Waals surface area (Å²) in [6, 6.07) is 7.30. The lowest BCUT2D eigenvalue weighted by Gasteiger charge is -2.26. The van der Waals surface area contributed by atoms with Gasteiger partial charge >= 0.3 is 10.2 Å². The van der Waals surface area contributed by atoms with E-state index >= 15 is 0 Å². The van der Waals surface area contributed by atoms with E-state index in [9.17, 15) is 21.6 Å². The maximum Gasteiger partial charge on any atom is 0.331 e. The van der Waals surface area contributed by atoms with Gasteiger partial charge in [0.1, 0.15) is 11.5 Å². The van der Waals surface area contributed by atoms with Gasteiger partial charge in [0.15, 0.2) is 11.6 Å². The first kappa shape index (κ1) is 26.5. The Morgan fingerprint density at radius 2 is 1.50 bits per heavy atom. The molecule has 0 aliphatic carbocycles. The molecule has 0 aromatic heterocycles. The number of benzene rings is 2. The Hall–Kier alpha value is -1.72. The van der Waals surface area contributed by atoms with Crippen LogP contribution in [0.2, 0.25) is 0 Å². The molecule has 0 bridgehead atoms. The zero-order chi connectivity index (χ0) is 21.5. The van der Waals surface area contributed by atoms with Crippen molar-refractivity contribution in [2.24, 2.45) is 0 Å². The lowest BCUT2D eigenvalue weighted by Crippen LogP contribution is -2.41. The predicted octanol–water partition coefficient (Wildman–Crippen LogP) is 3.79. The Balaban J connectivity index is 0.00000181. The Morgan fingerprint density at radius 1 is 0.875 bits per heavy atom. The van der Waals surface area contributed by atoms with Gasteiger partial charge in [0.05, 0.1) is 11.4 Å². The Bertz CT molecular complexity index is 1040. The van der Waals surface area contributed by atoms with Crippen LogP contribution < -0.4 is 8.61 Å². The molecule has 0 atom stereocenters. The van der Waals surface area contributed by atoms with Crippen LogP contribution in [0.3, 0.4) is 0 Å². The third-order valence-corrected chi connectivity index (χ3v) is 7.27. The summed E-state index contributed by atoms with van der Waals surface area (Å²) in [5.74, 6) is -3.66. The minimum absolute atomic E-state index is 0. The molecule has 0 spiro atoms. The summed E-state index contributed by atoms with van der Waals surface area (Å²) in [6.07, 6.45) is 0.984. The minimum Gasteiger partial charge on any atom is -0.305 e. The highest BCUT2D eigenvalue weighted by Gasteiger charge is 2.43.